The van der Waals surface area contributed by atoms with E-state index in [0.717, 1.165) is 41.4 Å². The molecular weight excluding hydrogens is 542 g/mol. The molecule has 1 aromatic heterocycles. The van der Waals surface area contributed by atoms with Gasteiger partial charge in [0.05, 0.1) is 10.6 Å². The Labute approximate surface area is 242 Å². The molecule has 8 nitrogen and oxygen atoms in total. The number of nitrogens with two attached hydrogens (primary N) is 1. The molecule has 0 bridgehead atoms. The summed E-state index contributed by atoms with van der Waals surface area (Å²) in [4.78, 5) is 25.3. The molecule has 0 saturated carbocycles. The number of hydrogen-bond donors (Lipinski definition) is 4. The number of amides is 1. The summed E-state index contributed by atoms with van der Waals surface area (Å²) < 4.78 is 0. The Morgan fingerprint density at radius 2 is 1.75 bits per heavy atom. The molecule has 0 unspecified atom stereocenters. The summed E-state index contributed by atoms with van der Waals surface area (Å²) in [6.07, 6.45) is 2.66. The third kappa shape index (κ3) is 6.80. The molecule has 0 radical (unpaired) electrons. The maximum atomic E-state index is 12.9. The van der Waals surface area contributed by atoms with E-state index in [9.17, 15) is 4.79 Å². The Balaban J connectivity index is 1.27. The highest BCUT2D eigenvalue weighted by Gasteiger charge is 2.18. The van der Waals surface area contributed by atoms with Gasteiger partial charge in [-0.1, -0.05) is 48.0 Å². The van der Waals surface area contributed by atoms with Crippen LogP contribution in [0.2, 0.25) is 5.02 Å². The van der Waals surface area contributed by atoms with Crippen molar-refractivity contribution in [2.24, 2.45) is 5.73 Å². The van der Waals surface area contributed by atoms with Crippen LogP contribution < -0.4 is 21.3 Å². The third-order valence-electron chi connectivity index (χ3n) is 6.16. The summed E-state index contributed by atoms with van der Waals surface area (Å²) in [5, 5.41) is 14.5. The fourth-order valence-corrected chi connectivity index (χ4v) is 5.10. The first kappa shape index (κ1) is 27.2. The average molecular weight is 570 g/mol. The summed E-state index contributed by atoms with van der Waals surface area (Å²) in [7, 11) is 0. The van der Waals surface area contributed by atoms with Crippen LogP contribution in [0.25, 0.3) is 11.1 Å². The van der Waals surface area contributed by atoms with Crippen molar-refractivity contribution in [1.82, 2.24) is 9.97 Å². The van der Waals surface area contributed by atoms with Crippen LogP contribution >= 0.6 is 23.4 Å². The summed E-state index contributed by atoms with van der Waals surface area (Å²) in [6, 6.07) is 24.6. The van der Waals surface area contributed by atoms with Gasteiger partial charge in [0, 0.05) is 35.5 Å². The van der Waals surface area contributed by atoms with Crippen LogP contribution in [0.5, 0.6) is 0 Å². The van der Waals surface area contributed by atoms with Crippen molar-refractivity contribution in [3.8, 4) is 11.1 Å². The second-order valence-corrected chi connectivity index (χ2v) is 10.7. The number of carbonyl (C=O) groups is 1. The predicted molar refractivity (Wildman–Crippen MR) is 164 cm³/mol. The van der Waals surface area contributed by atoms with Gasteiger partial charge in [-0.25, -0.2) is 9.97 Å². The molecule has 202 valence electrons. The lowest BCUT2D eigenvalue weighted by molar-refractivity contribution is 0.102. The third-order valence-corrected chi connectivity index (χ3v) is 7.34. The maximum absolute atomic E-state index is 12.9. The molecule has 10 heteroatoms. The van der Waals surface area contributed by atoms with Gasteiger partial charge in [0.2, 0.25) is 0 Å². The van der Waals surface area contributed by atoms with Crippen molar-refractivity contribution in [2.75, 3.05) is 28.6 Å². The standard InChI is InChI=1S/C30H28ClN7OS/c1-19(32)16-26(33)35-27-18-28(38-14-5-15-38)37-30(36-27)40-23-11-9-22(10-12-23)34-29(39)24-13-8-21(17-25(24)31)20-6-3-2-4-7-20/h2-4,6-13,16-18,32H,5,14-15,33H2,1H3,(H,34,39)(H,35,36,37)/b26-16+,32-19?. The van der Waals surface area contributed by atoms with Gasteiger partial charge in [0.25, 0.3) is 5.91 Å². The number of halogens is 1. The fraction of sp³-hybridized carbons (Fsp3) is 0.133. The van der Waals surface area contributed by atoms with Crippen LogP contribution in [0.3, 0.4) is 0 Å². The van der Waals surface area contributed by atoms with E-state index in [1.165, 1.54) is 17.8 Å². The first-order valence-corrected chi connectivity index (χ1v) is 13.9. The lowest BCUT2D eigenvalue weighted by Gasteiger charge is -2.32. The zero-order chi connectivity index (χ0) is 28.1. The fourth-order valence-electron chi connectivity index (χ4n) is 4.07. The SMILES string of the molecule is CC(=N)/C=C(\N)Nc1cc(N2CCC2)nc(Sc2ccc(NC(=O)c3ccc(-c4ccccc4)cc3Cl)cc2)n1. The molecular formula is C30H28ClN7OS. The summed E-state index contributed by atoms with van der Waals surface area (Å²) >= 11 is 7.88. The average Bonchev–Trinajstić information content (AvgIpc) is 2.88. The summed E-state index contributed by atoms with van der Waals surface area (Å²) in [5.41, 5.74) is 9.39. The topological polar surface area (TPSA) is 120 Å². The normalized spacial score (nSPS) is 12.9. The van der Waals surface area contributed by atoms with Crippen molar-refractivity contribution >= 4 is 52.3 Å². The zero-order valence-corrected chi connectivity index (χ0v) is 23.4. The van der Waals surface area contributed by atoms with Crippen LogP contribution in [0.1, 0.15) is 23.7 Å². The van der Waals surface area contributed by atoms with Crippen LogP contribution in [-0.2, 0) is 0 Å². The van der Waals surface area contributed by atoms with Crippen molar-refractivity contribution in [3.05, 3.63) is 101 Å². The summed E-state index contributed by atoms with van der Waals surface area (Å²) in [5.74, 6) is 1.45. The van der Waals surface area contributed by atoms with E-state index in [4.69, 9.17) is 27.7 Å². The van der Waals surface area contributed by atoms with Gasteiger partial charge < -0.3 is 26.7 Å². The first-order chi connectivity index (χ1) is 19.3. The maximum Gasteiger partial charge on any atom is 0.257 e. The van der Waals surface area contributed by atoms with Crippen molar-refractivity contribution in [2.45, 2.75) is 23.4 Å². The molecule has 2 heterocycles. The van der Waals surface area contributed by atoms with Crippen LogP contribution in [0, 0.1) is 5.41 Å². The van der Waals surface area contributed by atoms with Gasteiger partial charge in [0.15, 0.2) is 5.16 Å². The number of allylic oxidation sites excluding steroid dienone is 1. The van der Waals surface area contributed by atoms with Gasteiger partial charge in [-0.05, 0) is 78.7 Å². The molecule has 5 rings (SSSR count). The second kappa shape index (κ2) is 12.2. The number of nitrogens with one attached hydrogen (secondary N) is 3. The van der Waals surface area contributed by atoms with Gasteiger partial charge in [0.1, 0.15) is 17.5 Å². The summed E-state index contributed by atoms with van der Waals surface area (Å²) in [6.45, 7) is 3.54. The number of carbonyl (C=O) groups excluding carboxylic acids is 1. The molecule has 0 aliphatic carbocycles. The van der Waals surface area contributed by atoms with Crippen molar-refractivity contribution < 1.29 is 4.79 Å². The number of nitrogens with zero attached hydrogens (tertiary/aromatic N) is 3. The van der Waals surface area contributed by atoms with Gasteiger partial charge >= 0.3 is 0 Å². The Bertz CT molecular complexity index is 1570. The number of rotatable bonds is 9. The predicted octanol–water partition coefficient (Wildman–Crippen LogP) is 6.66. The number of benzene rings is 3. The molecule has 4 aromatic rings. The monoisotopic (exact) mass is 569 g/mol. The van der Waals surface area contributed by atoms with Crippen molar-refractivity contribution in [3.63, 3.8) is 0 Å². The van der Waals surface area contributed by atoms with E-state index < -0.39 is 0 Å². The molecule has 1 fully saturated rings. The van der Waals surface area contributed by atoms with E-state index in [1.54, 1.807) is 19.1 Å². The van der Waals surface area contributed by atoms with E-state index in [2.05, 4.69) is 20.5 Å². The zero-order valence-electron chi connectivity index (χ0n) is 21.8. The molecule has 1 aliphatic rings. The van der Waals surface area contributed by atoms with Gasteiger partial charge in [-0.3, -0.25) is 4.79 Å². The Kier molecular flexibility index (Phi) is 8.33. The highest BCUT2D eigenvalue weighted by molar-refractivity contribution is 7.99. The number of aromatic nitrogens is 2. The molecule has 3 aromatic carbocycles. The van der Waals surface area contributed by atoms with E-state index in [1.807, 2.05) is 66.7 Å². The van der Waals surface area contributed by atoms with Crippen LogP contribution in [0.4, 0.5) is 17.3 Å². The molecule has 1 aliphatic heterocycles. The molecule has 0 spiro atoms. The highest BCUT2D eigenvalue weighted by Crippen LogP contribution is 2.31. The molecule has 0 atom stereocenters. The Morgan fingerprint density at radius 3 is 2.40 bits per heavy atom. The highest BCUT2D eigenvalue weighted by atomic mass is 35.5. The lowest BCUT2D eigenvalue weighted by atomic mass is 10.0. The minimum Gasteiger partial charge on any atom is -0.385 e. The minimum atomic E-state index is -0.280. The van der Waals surface area contributed by atoms with Crippen LogP contribution in [0.15, 0.2) is 101 Å². The van der Waals surface area contributed by atoms with Crippen molar-refractivity contribution in [1.29, 1.82) is 5.41 Å². The van der Waals surface area contributed by atoms with Crippen LogP contribution in [-0.4, -0.2) is 34.7 Å². The second-order valence-electron chi connectivity index (χ2n) is 9.28. The molecule has 5 N–H and O–H groups in total. The van der Waals surface area contributed by atoms with E-state index in [0.29, 0.717) is 38.8 Å². The number of anilines is 3. The van der Waals surface area contributed by atoms with E-state index >= 15 is 0 Å². The number of hydrogen-bond acceptors (Lipinski definition) is 8. The quantitative estimate of drug-likeness (QED) is 0.131. The van der Waals surface area contributed by atoms with Gasteiger partial charge in [-0.2, -0.15) is 0 Å². The first-order valence-electron chi connectivity index (χ1n) is 12.7. The smallest absolute Gasteiger partial charge is 0.257 e. The Hall–Kier alpha value is -4.34. The van der Waals surface area contributed by atoms with Gasteiger partial charge in [-0.15, -0.1) is 0 Å². The minimum absolute atomic E-state index is 0.280. The molecule has 1 amide bonds. The van der Waals surface area contributed by atoms with E-state index in [-0.39, 0.29) is 5.91 Å². The molecule has 1 saturated heterocycles. The Morgan fingerprint density at radius 1 is 1.00 bits per heavy atom. The molecule has 40 heavy (non-hydrogen) atoms. The lowest BCUT2D eigenvalue weighted by Crippen LogP contribution is -2.37. The largest absolute Gasteiger partial charge is 0.385 e.